The van der Waals surface area contributed by atoms with Crippen LogP contribution in [0.5, 0.6) is 0 Å². The van der Waals surface area contributed by atoms with E-state index in [1.54, 1.807) is 0 Å². The Labute approximate surface area is 117 Å². The molecule has 1 aromatic rings. The van der Waals surface area contributed by atoms with E-state index in [2.05, 4.69) is 6.58 Å². The van der Waals surface area contributed by atoms with Gasteiger partial charge in [-0.25, -0.2) is 8.42 Å². The molecule has 7 heteroatoms. The number of amides is 1. The molecule has 20 heavy (non-hydrogen) atoms. The summed E-state index contributed by atoms with van der Waals surface area (Å²) in [6.07, 6.45) is 2.49. The molecule has 0 aromatic heterocycles. The first-order chi connectivity index (χ1) is 9.25. The number of aliphatic carboxylic acids is 1. The number of carboxylic acid groups (broad SMARTS) is 1. The molecule has 108 valence electrons. The maximum atomic E-state index is 12.1. The second-order valence-electron chi connectivity index (χ2n) is 4.16. The third kappa shape index (κ3) is 4.20. The molecule has 1 amide bonds. The van der Waals surface area contributed by atoms with Gasteiger partial charge in [-0.05, 0) is 24.3 Å². The SMILES string of the molecule is C=CCN(CC(=O)O)C(=O)c1ccc(S(C)(=O)=O)cc1. The zero-order valence-corrected chi connectivity index (χ0v) is 11.8. The highest BCUT2D eigenvalue weighted by Crippen LogP contribution is 2.12. The average Bonchev–Trinajstić information content (AvgIpc) is 2.36. The molecular weight excluding hydrogens is 282 g/mol. The van der Waals surface area contributed by atoms with Crippen LogP contribution in [-0.4, -0.2) is 49.6 Å². The molecule has 0 bridgehead atoms. The minimum Gasteiger partial charge on any atom is -0.480 e. The highest BCUT2D eigenvalue weighted by atomic mass is 32.2. The molecule has 1 N–H and O–H groups in total. The molecule has 0 saturated carbocycles. The van der Waals surface area contributed by atoms with Crippen molar-refractivity contribution in [3.05, 3.63) is 42.5 Å². The first-order valence-electron chi connectivity index (χ1n) is 5.68. The standard InChI is InChI=1S/C13H15NO5S/c1-3-8-14(9-12(15)16)13(17)10-4-6-11(7-5-10)20(2,18)19/h3-7H,1,8-9H2,2H3,(H,15,16). The summed E-state index contributed by atoms with van der Waals surface area (Å²) in [6.45, 7) is 3.11. The predicted molar refractivity (Wildman–Crippen MR) is 73.3 cm³/mol. The van der Waals surface area contributed by atoms with Crippen LogP contribution in [0.25, 0.3) is 0 Å². The highest BCUT2D eigenvalue weighted by molar-refractivity contribution is 7.90. The summed E-state index contributed by atoms with van der Waals surface area (Å²) >= 11 is 0. The van der Waals surface area contributed by atoms with Crippen molar-refractivity contribution < 1.29 is 23.1 Å². The van der Waals surface area contributed by atoms with E-state index < -0.39 is 28.3 Å². The van der Waals surface area contributed by atoms with Crippen molar-refractivity contribution in [2.24, 2.45) is 0 Å². The summed E-state index contributed by atoms with van der Waals surface area (Å²) in [6, 6.07) is 5.35. The van der Waals surface area contributed by atoms with Gasteiger partial charge in [0.1, 0.15) is 6.54 Å². The van der Waals surface area contributed by atoms with Crippen molar-refractivity contribution >= 4 is 21.7 Å². The van der Waals surface area contributed by atoms with Gasteiger partial charge in [0.25, 0.3) is 5.91 Å². The van der Waals surface area contributed by atoms with Crippen molar-refractivity contribution in [3.63, 3.8) is 0 Å². The second kappa shape index (κ2) is 6.33. The average molecular weight is 297 g/mol. The molecule has 0 aliphatic rings. The van der Waals surface area contributed by atoms with E-state index in [4.69, 9.17) is 5.11 Å². The quantitative estimate of drug-likeness (QED) is 0.784. The Balaban J connectivity index is 3.00. The summed E-state index contributed by atoms with van der Waals surface area (Å²) in [5.41, 5.74) is 0.223. The Morgan fingerprint density at radius 1 is 1.30 bits per heavy atom. The summed E-state index contributed by atoms with van der Waals surface area (Å²) < 4.78 is 22.6. The third-order valence-electron chi connectivity index (χ3n) is 2.49. The molecule has 0 fully saturated rings. The van der Waals surface area contributed by atoms with Crippen LogP contribution < -0.4 is 0 Å². The molecule has 0 spiro atoms. The number of carbonyl (C=O) groups is 2. The minimum absolute atomic E-state index is 0.0962. The Kier molecular flexibility index (Phi) is 5.04. The molecule has 6 nitrogen and oxygen atoms in total. The molecule has 0 heterocycles. The predicted octanol–water partition coefficient (Wildman–Crippen LogP) is 0.803. The van der Waals surface area contributed by atoms with Gasteiger partial charge in [-0.3, -0.25) is 9.59 Å². The van der Waals surface area contributed by atoms with Crippen LogP contribution in [0.4, 0.5) is 0 Å². The lowest BCUT2D eigenvalue weighted by Gasteiger charge is -2.18. The molecule has 1 rings (SSSR count). The lowest BCUT2D eigenvalue weighted by molar-refractivity contribution is -0.137. The molecule has 0 saturated heterocycles. The molecule has 0 atom stereocenters. The van der Waals surface area contributed by atoms with E-state index in [0.717, 1.165) is 11.2 Å². The number of carbonyl (C=O) groups excluding carboxylic acids is 1. The lowest BCUT2D eigenvalue weighted by Crippen LogP contribution is -2.35. The van der Waals surface area contributed by atoms with Crippen LogP contribution >= 0.6 is 0 Å². The number of rotatable bonds is 6. The summed E-state index contributed by atoms with van der Waals surface area (Å²) in [4.78, 5) is 24.0. The smallest absolute Gasteiger partial charge is 0.323 e. The molecule has 0 radical (unpaired) electrons. The third-order valence-corrected chi connectivity index (χ3v) is 3.62. The fourth-order valence-electron chi connectivity index (χ4n) is 1.57. The van der Waals surface area contributed by atoms with Crippen LogP contribution in [0.2, 0.25) is 0 Å². The monoisotopic (exact) mass is 297 g/mol. The number of hydrogen-bond acceptors (Lipinski definition) is 4. The first kappa shape index (κ1) is 15.9. The van der Waals surface area contributed by atoms with Crippen molar-refractivity contribution in [1.82, 2.24) is 4.90 Å². The van der Waals surface area contributed by atoms with Crippen molar-refractivity contribution in [1.29, 1.82) is 0 Å². The van der Waals surface area contributed by atoms with Crippen LogP contribution in [0.15, 0.2) is 41.8 Å². The van der Waals surface area contributed by atoms with E-state index in [1.165, 1.54) is 30.3 Å². The Bertz CT molecular complexity index is 619. The number of nitrogens with zero attached hydrogens (tertiary/aromatic N) is 1. The maximum absolute atomic E-state index is 12.1. The van der Waals surface area contributed by atoms with Gasteiger partial charge in [-0.15, -0.1) is 6.58 Å². The molecule has 1 aromatic carbocycles. The van der Waals surface area contributed by atoms with Gasteiger partial charge in [0, 0.05) is 18.4 Å². The second-order valence-corrected chi connectivity index (χ2v) is 6.18. The summed E-state index contributed by atoms with van der Waals surface area (Å²) in [7, 11) is -3.33. The van der Waals surface area contributed by atoms with E-state index >= 15 is 0 Å². The summed E-state index contributed by atoms with van der Waals surface area (Å²) in [5, 5.41) is 8.75. The molecule has 0 aliphatic carbocycles. The van der Waals surface area contributed by atoms with E-state index in [9.17, 15) is 18.0 Å². The van der Waals surface area contributed by atoms with Crippen LogP contribution in [0.3, 0.4) is 0 Å². The van der Waals surface area contributed by atoms with Gasteiger partial charge >= 0.3 is 5.97 Å². The van der Waals surface area contributed by atoms with Gasteiger partial charge in [0.2, 0.25) is 0 Å². The van der Waals surface area contributed by atoms with E-state index in [-0.39, 0.29) is 17.0 Å². The van der Waals surface area contributed by atoms with Crippen LogP contribution in [0, 0.1) is 0 Å². The normalized spacial score (nSPS) is 10.8. The van der Waals surface area contributed by atoms with Gasteiger partial charge in [-0.2, -0.15) is 0 Å². The highest BCUT2D eigenvalue weighted by Gasteiger charge is 2.18. The van der Waals surface area contributed by atoms with E-state index in [1.807, 2.05) is 0 Å². The fourth-order valence-corrected chi connectivity index (χ4v) is 2.20. The topological polar surface area (TPSA) is 91.8 Å². The first-order valence-corrected chi connectivity index (χ1v) is 7.57. The zero-order chi connectivity index (χ0) is 15.3. The van der Waals surface area contributed by atoms with E-state index in [0.29, 0.717) is 0 Å². The Morgan fingerprint density at radius 2 is 1.85 bits per heavy atom. The van der Waals surface area contributed by atoms with Crippen molar-refractivity contribution in [2.45, 2.75) is 4.90 Å². The van der Waals surface area contributed by atoms with Gasteiger partial charge < -0.3 is 10.0 Å². The van der Waals surface area contributed by atoms with Gasteiger partial charge in [0.05, 0.1) is 4.90 Å². The van der Waals surface area contributed by atoms with Crippen molar-refractivity contribution in [3.8, 4) is 0 Å². The number of sulfone groups is 1. The fraction of sp³-hybridized carbons (Fsp3) is 0.231. The molecule has 0 unspecified atom stereocenters. The van der Waals surface area contributed by atoms with Crippen molar-refractivity contribution in [2.75, 3.05) is 19.3 Å². The molecular formula is C13H15NO5S. The number of benzene rings is 1. The van der Waals surface area contributed by atoms with Gasteiger partial charge in [0.15, 0.2) is 9.84 Å². The number of hydrogen-bond donors (Lipinski definition) is 1. The Hall–Kier alpha value is -2.15. The largest absolute Gasteiger partial charge is 0.480 e. The maximum Gasteiger partial charge on any atom is 0.323 e. The zero-order valence-electron chi connectivity index (χ0n) is 10.9. The van der Waals surface area contributed by atoms with Crippen LogP contribution in [-0.2, 0) is 14.6 Å². The minimum atomic E-state index is -3.33. The van der Waals surface area contributed by atoms with Gasteiger partial charge in [-0.1, -0.05) is 6.08 Å². The summed E-state index contributed by atoms with van der Waals surface area (Å²) in [5.74, 6) is -1.62. The Morgan fingerprint density at radius 3 is 2.25 bits per heavy atom. The lowest BCUT2D eigenvalue weighted by atomic mass is 10.2. The van der Waals surface area contributed by atoms with Crippen LogP contribution in [0.1, 0.15) is 10.4 Å². The molecule has 0 aliphatic heterocycles. The number of carboxylic acids is 1.